The van der Waals surface area contributed by atoms with Crippen LogP contribution in [0.2, 0.25) is 0 Å². The van der Waals surface area contributed by atoms with Crippen LogP contribution in [0.15, 0.2) is 46.6 Å². The van der Waals surface area contributed by atoms with Crippen molar-refractivity contribution in [3.05, 3.63) is 46.6 Å². The molecule has 2 nitrogen and oxygen atoms in total. The van der Waals surface area contributed by atoms with Crippen molar-refractivity contribution in [2.75, 3.05) is 0 Å². The molecular formula is C21H32O2. The number of hydrogen-bond acceptors (Lipinski definition) is 1. The summed E-state index contributed by atoms with van der Waals surface area (Å²) in [6, 6.07) is 0. The molecule has 1 N–H and O–H groups in total. The van der Waals surface area contributed by atoms with Gasteiger partial charge >= 0.3 is 5.97 Å². The first-order valence-corrected chi connectivity index (χ1v) is 8.87. The van der Waals surface area contributed by atoms with Gasteiger partial charge in [-0.15, -0.1) is 0 Å². The van der Waals surface area contributed by atoms with E-state index in [1.54, 1.807) is 18.1 Å². The predicted octanol–water partition coefficient (Wildman–Crippen LogP) is 6.22. The molecule has 1 aliphatic rings. The van der Waals surface area contributed by atoms with Gasteiger partial charge in [0.05, 0.1) is 0 Å². The van der Waals surface area contributed by atoms with E-state index in [0.29, 0.717) is 0 Å². The van der Waals surface area contributed by atoms with Crippen LogP contribution in [0.3, 0.4) is 0 Å². The average Bonchev–Trinajstić information content (AvgIpc) is 2.46. The maximum atomic E-state index is 10.6. The Bertz CT molecular complexity index is 518. The molecule has 0 aromatic rings. The number of hydrogen-bond donors (Lipinski definition) is 1. The number of carboxylic acid groups (broad SMARTS) is 1. The zero-order chi connectivity index (χ0) is 17.2. The van der Waals surface area contributed by atoms with Crippen molar-refractivity contribution in [3.8, 4) is 0 Å². The van der Waals surface area contributed by atoms with E-state index in [-0.39, 0.29) is 0 Å². The van der Waals surface area contributed by atoms with Crippen molar-refractivity contribution < 1.29 is 9.90 Å². The summed E-state index contributed by atoms with van der Waals surface area (Å²) >= 11 is 0. The maximum Gasteiger partial charge on any atom is 0.328 e. The highest BCUT2D eigenvalue weighted by Gasteiger charge is 2.19. The van der Waals surface area contributed by atoms with Crippen LogP contribution in [0, 0.1) is 5.92 Å². The normalized spacial score (nSPS) is 20.4. The van der Waals surface area contributed by atoms with Gasteiger partial charge in [0, 0.05) is 6.08 Å². The van der Waals surface area contributed by atoms with E-state index in [2.05, 4.69) is 26.8 Å². The van der Waals surface area contributed by atoms with Crippen LogP contribution in [-0.4, -0.2) is 11.1 Å². The second-order valence-corrected chi connectivity index (χ2v) is 6.78. The zero-order valence-electron chi connectivity index (χ0n) is 15.2. The highest BCUT2D eigenvalue weighted by atomic mass is 16.4. The van der Waals surface area contributed by atoms with Gasteiger partial charge < -0.3 is 5.11 Å². The molecule has 0 heterocycles. The summed E-state index contributed by atoms with van der Waals surface area (Å²) in [5, 5.41) is 8.68. The second kappa shape index (κ2) is 10.3. The van der Waals surface area contributed by atoms with Crippen molar-refractivity contribution in [2.45, 2.75) is 72.6 Å². The molecule has 0 amide bonds. The van der Waals surface area contributed by atoms with Crippen LogP contribution in [0.1, 0.15) is 72.6 Å². The van der Waals surface area contributed by atoms with Crippen molar-refractivity contribution in [3.63, 3.8) is 0 Å². The van der Waals surface area contributed by atoms with Gasteiger partial charge in [-0.2, -0.15) is 0 Å². The molecule has 0 aromatic carbocycles. The monoisotopic (exact) mass is 316 g/mol. The van der Waals surface area contributed by atoms with Crippen molar-refractivity contribution >= 4 is 5.97 Å². The Balaban J connectivity index is 2.60. The molecule has 0 aliphatic heterocycles. The number of carbonyl (C=O) groups is 1. The standard InChI is InChI=1S/C21H32O2/c1-5-8-19-12-7-11-18(4)20(19)14-13-16(2)9-6-10-17(3)15-21(22)23/h6,9-10,15,19H,5,7-8,11-14H2,1-4H3,(H,22,23)/b10-6+,16-9+,17-15+. The summed E-state index contributed by atoms with van der Waals surface area (Å²) < 4.78 is 0. The molecule has 0 bridgehead atoms. The van der Waals surface area contributed by atoms with Gasteiger partial charge in [0.1, 0.15) is 0 Å². The first-order valence-electron chi connectivity index (χ1n) is 8.87. The minimum atomic E-state index is -0.894. The summed E-state index contributed by atoms with van der Waals surface area (Å²) in [5.41, 5.74) is 5.44. The topological polar surface area (TPSA) is 37.3 Å². The summed E-state index contributed by atoms with van der Waals surface area (Å²) in [4.78, 5) is 10.6. The fraction of sp³-hybridized carbons (Fsp3) is 0.571. The third-order valence-corrected chi connectivity index (χ3v) is 4.66. The fourth-order valence-electron chi connectivity index (χ4n) is 3.40. The van der Waals surface area contributed by atoms with Crippen LogP contribution >= 0.6 is 0 Å². The molecule has 0 radical (unpaired) electrons. The predicted molar refractivity (Wildman–Crippen MR) is 98.5 cm³/mol. The molecule has 1 aliphatic carbocycles. The molecule has 1 rings (SSSR count). The summed E-state index contributed by atoms with van der Waals surface area (Å²) in [5.74, 6) is -0.0904. The largest absolute Gasteiger partial charge is 0.478 e. The van der Waals surface area contributed by atoms with Crippen molar-refractivity contribution in [2.24, 2.45) is 5.92 Å². The lowest BCUT2D eigenvalue weighted by molar-refractivity contribution is -0.131. The lowest BCUT2D eigenvalue weighted by Crippen LogP contribution is -2.11. The van der Waals surface area contributed by atoms with Gasteiger partial charge in [0.25, 0.3) is 0 Å². The second-order valence-electron chi connectivity index (χ2n) is 6.78. The van der Waals surface area contributed by atoms with Gasteiger partial charge in [0.15, 0.2) is 0 Å². The Morgan fingerprint density at radius 2 is 2.09 bits per heavy atom. The zero-order valence-corrected chi connectivity index (χ0v) is 15.2. The minimum absolute atomic E-state index is 0.760. The van der Waals surface area contributed by atoms with Crippen LogP contribution in [0.25, 0.3) is 0 Å². The van der Waals surface area contributed by atoms with Gasteiger partial charge in [-0.25, -0.2) is 4.79 Å². The average molecular weight is 316 g/mol. The van der Waals surface area contributed by atoms with Crippen molar-refractivity contribution in [1.29, 1.82) is 0 Å². The Morgan fingerprint density at radius 1 is 1.35 bits per heavy atom. The number of aliphatic carboxylic acids is 1. The lowest BCUT2D eigenvalue weighted by Gasteiger charge is -2.27. The Morgan fingerprint density at radius 3 is 2.74 bits per heavy atom. The number of carboxylic acids is 1. The van der Waals surface area contributed by atoms with E-state index in [1.807, 2.05) is 12.2 Å². The Kier molecular flexibility index (Phi) is 8.68. The van der Waals surface area contributed by atoms with E-state index in [9.17, 15) is 4.79 Å². The quantitative estimate of drug-likeness (QED) is 0.328. The van der Waals surface area contributed by atoms with E-state index in [0.717, 1.165) is 17.9 Å². The SMILES string of the molecule is CCCC1CCCC(C)=C1CC/C(C)=C/C=C/C(C)=C/C(=O)O. The molecule has 0 aromatic heterocycles. The van der Waals surface area contributed by atoms with E-state index >= 15 is 0 Å². The highest BCUT2D eigenvalue weighted by Crippen LogP contribution is 2.36. The molecule has 0 saturated carbocycles. The molecule has 0 fully saturated rings. The molecule has 2 heteroatoms. The maximum absolute atomic E-state index is 10.6. The summed E-state index contributed by atoms with van der Waals surface area (Å²) in [7, 11) is 0. The smallest absolute Gasteiger partial charge is 0.328 e. The minimum Gasteiger partial charge on any atom is -0.478 e. The molecule has 1 unspecified atom stereocenters. The van der Waals surface area contributed by atoms with Gasteiger partial charge in [-0.3, -0.25) is 0 Å². The van der Waals surface area contributed by atoms with Crippen molar-refractivity contribution in [1.82, 2.24) is 0 Å². The third kappa shape index (κ3) is 7.49. The molecule has 128 valence electrons. The van der Waals surface area contributed by atoms with E-state index < -0.39 is 5.97 Å². The highest BCUT2D eigenvalue weighted by molar-refractivity contribution is 5.81. The fourth-order valence-corrected chi connectivity index (χ4v) is 3.40. The Hall–Kier alpha value is -1.57. The van der Waals surface area contributed by atoms with Crippen LogP contribution in [0.5, 0.6) is 0 Å². The first-order chi connectivity index (χ1) is 10.9. The molecule has 0 saturated heterocycles. The van der Waals surface area contributed by atoms with Crippen LogP contribution < -0.4 is 0 Å². The summed E-state index contributed by atoms with van der Waals surface area (Å²) in [6.07, 6.45) is 16.0. The number of rotatable bonds is 8. The van der Waals surface area contributed by atoms with Crippen LogP contribution in [-0.2, 0) is 4.79 Å². The van der Waals surface area contributed by atoms with E-state index in [4.69, 9.17) is 5.11 Å². The van der Waals surface area contributed by atoms with E-state index in [1.165, 1.54) is 50.2 Å². The number of allylic oxidation sites excluding steroid dienone is 7. The molecule has 0 spiro atoms. The van der Waals surface area contributed by atoms with Gasteiger partial charge in [-0.1, -0.05) is 48.3 Å². The molecular weight excluding hydrogens is 284 g/mol. The molecule has 1 atom stereocenters. The summed E-state index contributed by atoms with van der Waals surface area (Å²) in [6.45, 7) is 8.56. The van der Waals surface area contributed by atoms with Gasteiger partial charge in [0.2, 0.25) is 0 Å². The third-order valence-electron chi connectivity index (χ3n) is 4.66. The van der Waals surface area contributed by atoms with Gasteiger partial charge in [-0.05, 0) is 70.8 Å². The molecule has 23 heavy (non-hydrogen) atoms. The first kappa shape index (κ1) is 19.5. The Labute approximate surface area is 141 Å². The lowest BCUT2D eigenvalue weighted by atomic mass is 9.78. The van der Waals surface area contributed by atoms with Crippen LogP contribution in [0.4, 0.5) is 0 Å².